The van der Waals surface area contributed by atoms with E-state index in [-0.39, 0.29) is 0 Å². The van der Waals surface area contributed by atoms with Crippen LogP contribution in [0, 0.1) is 0 Å². The van der Waals surface area contributed by atoms with Gasteiger partial charge in [0.15, 0.2) is 0 Å². The summed E-state index contributed by atoms with van der Waals surface area (Å²) in [5.74, 6) is 0. The number of nitrogens with zero attached hydrogens (tertiary/aromatic N) is 2. The van der Waals surface area contributed by atoms with Crippen molar-refractivity contribution in [3.63, 3.8) is 0 Å². The third kappa shape index (κ3) is 5.47. The smallest absolute Gasteiger partial charge is 0.0541 e. The van der Waals surface area contributed by atoms with E-state index >= 15 is 0 Å². The molecule has 276 valence electrons. The molecule has 0 aliphatic rings. The van der Waals surface area contributed by atoms with E-state index in [0.717, 1.165) is 17.1 Å². The molecule has 0 N–H and O–H groups in total. The molecule has 3 heteroatoms. The molecule has 0 bridgehead atoms. The predicted molar refractivity (Wildman–Crippen MR) is 254 cm³/mol. The molecule has 0 atom stereocenters. The summed E-state index contributed by atoms with van der Waals surface area (Å²) < 4.78 is 5.03. The largest absolute Gasteiger partial charge is 0.310 e. The maximum absolute atomic E-state index is 2.43. The molecule has 0 aliphatic heterocycles. The average molecular weight is 769 g/mol. The molecule has 12 aromatic rings. The summed E-state index contributed by atoms with van der Waals surface area (Å²) in [6, 6.07) is 80.0. The standard InChI is InChI=1S/C56H36N2S/c1-2-15-41(16-3-1)58-52-23-10-8-19-48(52)51-36-40(28-33-54(51)58)44-32-34-53(47-18-7-6-17-46(44)47)57(43-31-25-37-13-4-5-14-39(37)35-43)42-29-26-38(27-30-42)45-21-12-22-50-49-20-9-11-24-55(49)59-56(45)50/h1-36H. The Bertz CT molecular complexity index is 3560. The van der Waals surface area contributed by atoms with Crippen molar-refractivity contribution in [3.8, 4) is 27.9 Å². The number of thiophene rings is 1. The van der Waals surface area contributed by atoms with Crippen LogP contribution in [0.1, 0.15) is 0 Å². The molecule has 2 heterocycles. The lowest BCUT2D eigenvalue weighted by Crippen LogP contribution is -2.10. The Morgan fingerprint density at radius 2 is 1.02 bits per heavy atom. The Kier molecular flexibility index (Phi) is 7.75. The maximum Gasteiger partial charge on any atom is 0.0541 e. The highest BCUT2D eigenvalue weighted by molar-refractivity contribution is 7.26. The second-order valence-corrected chi connectivity index (χ2v) is 16.3. The van der Waals surface area contributed by atoms with Crippen LogP contribution in [0.25, 0.3) is 91.5 Å². The molecule has 0 radical (unpaired) electrons. The zero-order chi connectivity index (χ0) is 38.9. The Morgan fingerprint density at radius 3 is 1.88 bits per heavy atom. The van der Waals surface area contributed by atoms with Crippen LogP contribution in [0.15, 0.2) is 218 Å². The first kappa shape index (κ1) is 33.7. The molecule has 12 rings (SSSR count). The lowest BCUT2D eigenvalue weighted by atomic mass is 9.95. The Hall–Kier alpha value is -7.46. The molecule has 0 aliphatic carbocycles. The van der Waals surface area contributed by atoms with Crippen molar-refractivity contribution < 1.29 is 0 Å². The number of rotatable bonds is 6. The molecule has 10 aromatic carbocycles. The molecule has 0 saturated carbocycles. The Morgan fingerprint density at radius 1 is 0.356 bits per heavy atom. The van der Waals surface area contributed by atoms with Crippen LogP contribution in [0.3, 0.4) is 0 Å². The lowest BCUT2D eigenvalue weighted by molar-refractivity contribution is 1.18. The van der Waals surface area contributed by atoms with Crippen LogP contribution in [-0.4, -0.2) is 4.57 Å². The van der Waals surface area contributed by atoms with Gasteiger partial charge in [0.1, 0.15) is 0 Å². The van der Waals surface area contributed by atoms with Crippen molar-refractivity contribution in [2.45, 2.75) is 0 Å². The van der Waals surface area contributed by atoms with E-state index in [9.17, 15) is 0 Å². The van der Waals surface area contributed by atoms with Gasteiger partial charge in [0.05, 0.1) is 16.7 Å². The summed E-state index contributed by atoms with van der Waals surface area (Å²) in [5, 5.41) is 10.0. The van der Waals surface area contributed by atoms with Gasteiger partial charge >= 0.3 is 0 Å². The molecule has 0 saturated heterocycles. The van der Waals surface area contributed by atoms with Crippen molar-refractivity contribution in [2.24, 2.45) is 0 Å². The number of fused-ring (bicyclic) bond motifs is 8. The van der Waals surface area contributed by atoms with Crippen LogP contribution in [0.2, 0.25) is 0 Å². The van der Waals surface area contributed by atoms with E-state index in [1.165, 1.54) is 91.5 Å². The molecule has 2 nitrogen and oxygen atoms in total. The van der Waals surface area contributed by atoms with Crippen molar-refractivity contribution in [2.75, 3.05) is 4.90 Å². The minimum atomic E-state index is 1.11. The molecule has 59 heavy (non-hydrogen) atoms. The molecule has 0 fully saturated rings. The number of anilines is 3. The van der Waals surface area contributed by atoms with Crippen molar-refractivity contribution in [3.05, 3.63) is 218 Å². The highest BCUT2D eigenvalue weighted by atomic mass is 32.1. The second kappa shape index (κ2) is 13.6. The first-order valence-corrected chi connectivity index (χ1v) is 21.0. The van der Waals surface area contributed by atoms with E-state index < -0.39 is 0 Å². The zero-order valence-corrected chi connectivity index (χ0v) is 32.9. The topological polar surface area (TPSA) is 8.17 Å². The summed E-state index contributed by atoms with van der Waals surface area (Å²) in [5.41, 5.74) is 11.9. The van der Waals surface area contributed by atoms with Crippen molar-refractivity contribution in [1.82, 2.24) is 4.57 Å². The van der Waals surface area contributed by atoms with Gasteiger partial charge in [-0.25, -0.2) is 0 Å². The number of benzene rings is 10. The summed E-state index contributed by atoms with van der Waals surface area (Å²) in [6.45, 7) is 0. The van der Waals surface area contributed by atoms with Gasteiger partial charge in [-0.1, -0.05) is 152 Å². The van der Waals surface area contributed by atoms with E-state index in [4.69, 9.17) is 0 Å². The Labute approximate surface area is 346 Å². The lowest BCUT2D eigenvalue weighted by Gasteiger charge is -2.28. The third-order valence-electron chi connectivity index (χ3n) is 12.0. The first-order valence-electron chi connectivity index (χ1n) is 20.2. The van der Waals surface area contributed by atoms with Gasteiger partial charge in [-0.3, -0.25) is 0 Å². The van der Waals surface area contributed by atoms with Crippen LogP contribution in [-0.2, 0) is 0 Å². The highest BCUT2D eigenvalue weighted by Gasteiger charge is 2.20. The minimum absolute atomic E-state index is 1.11. The minimum Gasteiger partial charge on any atom is -0.310 e. The summed E-state index contributed by atoms with van der Waals surface area (Å²) in [6.07, 6.45) is 0. The maximum atomic E-state index is 2.43. The SMILES string of the molecule is c1ccc(-n2c3ccccc3c3cc(-c4ccc(N(c5ccc(-c6cccc7c6sc6ccccc67)cc5)c5ccc6ccccc6c5)c5ccccc45)ccc32)cc1. The van der Waals surface area contributed by atoms with Gasteiger partial charge in [-0.15, -0.1) is 11.3 Å². The fraction of sp³-hybridized carbons (Fsp3) is 0. The first-order chi connectivity index (χ1) is 29.3. The summed E-state index contributed by atoms with van der Waals surface area (Å²) >= 11 is 1.88. The van der Waals surface area contributed by atoms with E-state index in [2.05, 4.69) is 228 Å². The number of aromatic nitrogens is 1. The normalized spacial score (nSPS) is 11.7. The fourth-order valence-electron chi connectivity index (χ4n) is 9.23. The van der Waals surface area contributed by atoms with Crippen LogP contribution >= 0.6 is 11.3 Å². The predicted octanol–water partition coefficient (Wildman–Crippen LogP) is 16.3. The molecular formula is C56H36N2S. The zero-order valence-electron chi connectivity index (χ0n) is 32.1. The van der Waals surface area contributed by atoms with E-state index in [1.54, 1.807) is 0 Å². The van der Waals surface area contributed by atoms with Crippen molar-refractivity contribution in [1.29, 1.82) is 0 Å². The van der Waals surface area contributed by atoms with E-state index in [1.807, 2.05) is 11.3 Å². The second-order valence-electron chi connectivity index (χ2n) is 15.3. The average Bonchev–Trinajstić information content (AvgIpc) is 3.85. The number of hydrogen-bond acceptors (Lipinski definition) is 2. The van der Waals surface area contributed by atoms with Crippen molar-refractivity contribution >= 4 is 91.9 Å². The monoisotopic (exact) mass is 768 g/mol. The number of hydrogen-bond donors (Lipinski definition) is 0. The van der Waals surface area contributed by atoms with Gasteiger partial charge in [0, 0.05) is 53.4 Å². The number of para-hydroxylation sites is 2. The van der Waals surface area contributed by atoms with Crippen LogP contribution < -0.4 is 4.90 Å². The van der Waals surface area contributed by atoms with E-state index in [0.29, 0.717) is 0 Å². The molecule has 0 spiro atoms. The molecule has 2 aromatic heterocycles. The molecule has 0 amide bonds. The molecule has 0 unspecified atom stereocenters. The summed E-state index contributed by atoms with van der Waals surface area (Å²) in [7, 11) is 0. The van der Waals surface area contributed by atoms with Crippen LogP contribution in [0.4, 0.5) is 17.1 Å². The quantitative estimate of drug-likeness (QED) is 0.164. The fourth-order valence-corrected chi connectivity index (χ4v) is 10.5. The van der Waals surface area contributed by atoms with Gasteiger partial charge in [0.25, 0.3) is 0 Å². The highest BCUT2D eigenvalue weighted by Crippen LogP contribution is 2.45. The van der Waals surface area contributed by atoms with Gasteiger partial charge < -0.3 is 9.47 Å². The third-order valence-corrected chi connectivity index (χ3v) is 13.2. The van der Waals surface area contributed by atoms with Gasteiger partial charge in [-0.05, 0) is 105 Å². The Balaban J connectivity index is 1.02. The summed E-state index contributed by atoms with van der Waals surface area (Å²) in [4.78, 5) is 2.43. The van der Waals surface area contributed by atoms with Gasteiger partial charge in [-0.2, -0.15) is 0 Å². The van der Waals surface area contributed by atoms with Gasteiger partial charge in [0.2, 0.25) is 0 Å². The molecular weight excluding hydrogens is 733 g/mol. The van der Waals surface area contributed by atoms with Crippen LogP contribution in [0.5, 0.6) is 0 Å².